The van der Waals surface area contributed by atoms with Gasteiger partial charge in [-0.2, -0.15) is 0 Å². The van der Waals surface area contributed by atoms with E-state index in [-0.39, 0.29) is 10.8 Å². The zero-order valence-electron chi connectivity index (χ0n) is 20.3. The topological polar surface area (TPSA) is 110 Å². The Balaban J connectivity index is 1.25. The first-order valence-corrected chi connectivity index (χ1v) is 13.1. The highest BCUT2D eigenvalue weighted by Crippen LogP contribution is 2.25. The number of benzene rings is 3. The average Bonchev–Trinajstić information content (AvgIpc) is 2.89. The van der Waals surface area contributed by atoms with Crippen LogP contribution in [-0.4, -0.2) is 28.6 Å². The second-order valence-corrected chi connectivity index (χ2v) is 10.2. The fraction of sp³-hybridized carbons (Fsp3) is 0.0714. The van der Waals surface area contributed by atoms with Gasteiger partial charge in [-0.05, 0) is 67.4 Å². The van der Waals surface area contributed by atoms with Gasteiger partial charge in [0.25, 0.3) is 10.0 Å². The lowest BCUT2D eigenvalue weighted by Gasteiger charge is -2.10. The normalized spacial score (nSPS) is 11.2. The zero-order chi connectivity index (χ0) is 25.8. The summed E-state index contributed by atoms with van der Waals surface area (Å²) in [4.78, 5) is 8.37. The van der Waals surface area contributed by atoms with Crippen LogP contribution in [0.25, 0.3) is 22.4 Å². The molecule has 0 aliphatic heterocycles. The smallest absolute Gasteiger partial charge is 0.264 e. The van der Waals surface area contributed by atoms with Crippen LogP contribution < -0.4 is 10.0 Å². The largest absolute Gasteiger partial charge is 0.339 e. The number of nitrogens with zero attached hydrogens (tertiary/aromatic N) is 4. The molecule has 0 amide bonds. The van der Waals surface area contributed by atoms with Crippen molar-refractivity contribution in [3.63, 3.8) is 0 Å². The summed E-state index contributed by atoms with van der Waals surface area (Å²) in [6.45, 7) is 3.56. The molecule has 0 spiro atoms. The zero-order valence-corrected chi connectivity index (χ0v) is 21.1. The second-order valence-electron chi connectivity index (χ2n) is 8.48. The van der Waals surface area contributed by atoms with Crippen LogP contribution in [0.3, 0.4) is 0 Å². The maximum absolute atomic E-state index is 12.7. The van der Waals surface area contributed by atoms with Gasteiger partial charge in [-0.15, -0.1) is 10.2 Å². The molecule has 2 aromatic heterocycles. The van der Waals surface area contributed by atoms with Crippen LogP contribution in [0.15, 0.2) is 102 Å². The summed E-state index contributed by atoms with van der Waals surface area (Å²) in [6.07, 6.45) is 0. The summed E-state index contributed by atoms with van der Waals surface area (Å²) in [6, 6.07) is 30.2. The maximum atomic E-state index is 12.7. The van der Waals surface area contributed by atoms with E-state index in [4.69, 9.17) is 0 Å². The van der Waals surface area contributed by atoms with Gasteiger partial charge in [-0.25, -0.2) is 23.1 Å². The average molecular weight is 509 g/mol. The van der Waals surface area contributed by atoms with Crippen molar-refractivity contribution >= 4 is 27.5 Å². The quantitative estimate of drug-likeness (QED) is 0.287. The molecule has 0 atom stereocenters. The van der Waals surface area contributed by atoms with Crippen molar-refractivity contribution in [3.8, 4) is 22.4 Å². The van der Waals surface area contributed by atoms with E-state index >= 15 is 0 Å². The third-order valence-electron chi connectivity index (χ3n) is 5.60. The molecule has 5 aromatic rings. The van der Waals surface area contributed by atoms with E-state index in [9.17, 15) is 8.42 Å². The highest BCUT2D eigenvalue weighted by Gasteiger charge is 2.16. The Morgan fingerprint density at radius 1 is 0.649 bits per heavy atom. The first kappa shape index (κ1) is 24.1. The third kappa shape index (κ3) is 5.79. The molecular formula is C28H24N6O2S. The highest BCUT2D eigenvalue weighted by atomic mass is 32.2. The van der Waals surface area contributed by atoms with Crippen molar-refractivity contribution < 1.29 is 8.42 Å². The van der Waals surface area contributed by atoms with E-state index in [1.807, 2.05) is 42.5 Å². The van der Waals surface area contributed by atoms with Crippen LogP contribution in [0.5, 0.6) is 0 Å². The molecule has 0 aliphatic carbocycles. The van der Waals surface area contributed by atoms with Gasteiger partial charge in [0.2, 0.25) is 5.95 Å². The summed E-state index contributed by atoms with van der Waals surface area (Å²) in [5.74, 6) is 0.590. The Morgan fingerprint density at radius 3 is 1.89 bits per heavy atom. The summed E-state index contributed by atoms with van der Waals surface area (Å²) in [5.41, 5.74) is 6.06. The number of sulfonamides is 1. The van der Waals surface area contributed by atoms with Crippen molar-refractivity contribution in [1.29, 1.82) is 0 Å². The first-order chi connectivity index (χ1) is 17.9. The molecule has 0 bridgehead atoms. The minimum Gasteiger partial charge on any atom is -0.339 e. The van der Waals surface area contributed by atoms with Crippen molar-refractivity contribution in [2.75, 3.05) is 10.0 Å². The molecule has 184 valence electrons. The Labute approximate surface area is 215 Å². The summed E-state index contributed by atoms with van der Waals surface area (Å²) >= 11 is 0. The Morgan fingerprint density at radius 2 is 1.27 bits per heavy atom. The standard InChI is InChI=1S/C28H24N6O2S/c1-19-18-20(2)30-28(29-19)34-37(35,36)25-14-12-24(13-15-25)31-27-17-16-26(32-33-27)23-10-8-22(9-11-23)21-6-4-3-5-7-21/h3-18H,1-2H3,(H,31,33)(H,29,30,34). The molecule has 0 fully saturated rings. The monoisotopic (exact) mass is 508 g/mol. The number of rotatable bonds is 7. The number of hydrogen-bond donors (Lipinski definition) is 2. The Bertz CT molecular complexity index is 1600. The molecule has 0 saturated carbocycles. The van der Waals surface area contributed by atoms with E-state index in [0.717, 1.165) is 22.4 Å². The fourth-order valence-corrected chi connectivity index (χ4v) is 4.78. The van der Waals surface area contributed by atoms with E-state index < -0.39 is 10.0 Å². The van der Waals surface area contributed by atoms with Gasteiger partial charge in [0.15, 0.2) is 5.82 Å². The van der Waals surface area contributed by atoms with Crippen LogP contribution in [0.4, 0.5) is 17.5 Å². The van der Waals surface area contributed by atoms with Crippen LogP contribution in [-0.2, 0) is 10.0 Å². The predicted molar refractivity (Wildman–Crippen MR) is 145 cm³/mol. The van der Waals surface area contributed by atoms with Gasteiger partial charge in [0.1, 0.15) is 0 Å². The van der Waals surface area contributed by atoms with Gasteiger partial charge in [0, 0.05) is 22.6 Å². The molecule has 0 radical (unpaired) electrons. The van der Waals surface area contributed by atoms with Gasteiger partial charge in [-0.1, -0.05) is 54.6 Å². The van der Waals surface area contributed by atoms with E-state index in [2.05, 4.69) is 54.5 Å². The molecular weight excluding hydrogens is 484 g/mol. The number of nitrogens with one attached hydrogen (secondary N) is 2. The maximum Gasteiger partial charge on any atom is 0.264 e. The molecule has 8 nitrogen and oxygen atoms in total. The van der Waals surface area contributed by atoms with Gasteiger partial charge in [0.05, 0.1) is 10.6 Å². The lowest BCUT2D eigenvalue weighted by Crippen LogP contribution is -2.15. The van der Waals surface area contributed by atoms with Crippen LogP contribution in [0.2, 0.25) is 0 Å². The molecule has 0 unspecified atom stereocenters. The lowest BCUT2D eigenvalue weighted by molar-refractivity contribution is 0.601. The van der Waals surface area contributed by atoms with Gasteiger partial charge >= 0.3 is 0 Å². The lowest BCUT2D eigenvalue weighted by atomic mass is 10.0. The molecule has 37 heavy (non-hydrogen) atoms. The van der Waals surface area contributed by atoms with Gasteiger partial charge in [-0.3, -0.25) is 0 Å². The summed E-state index contributed by atoms with van der Waals surface area (Å²) in [7, 11) is -3.82. The highest BCUT2D eigenvalue weighted by molar-refractivity contribution is 7.92. The second kappa shape index (κ2) is 10.2. The molecule has 2 heterocycles. The fourth-order valence-electron chi connectivity index (χ4n) is 3.83. The number of aryl methyl sites for hydroxylation is 2. The van der Waals surface area contributed by atoms with Gasteiger partial charge < -0.3 is 5.32 Å². The number of hydrogen-bond acceptors (Lipinski definition) is 7. The molecule has 0 aliphatic rings. The summed E-state index contributed by atoms with van der Waals surface area (Å²) < 4.78 is 27.9. The van der Waals surface area contributed by atoms with Crippen molar-refractivity contribution in [2.24, 2.45) is 0 Å². The molecule has 9 heteroatoms. The first-order valence-electron chi connectivity index (χ1n) is 11.6. The SMILES string of the molecule is Cc1cc(C)nc(NS(=O)(=O)c2ccc(Nc3ccc(-c4ccc(-c5ccccc5)cc4)nn3)cc2)n1. The van der Waals surface area contributed by atoms with E-state index in [1.165, 1.54) is 12.1 Å². The Kier molecular flexibility index (Phi) is 6.61. The molecule has 2 N–H and O–H groups in total. The molecule has 0 saturated heterocycles. The Hall–Kier alpha value is -4.63. The van der Waals surface area contributed by atoms with Crippen molar-refractivity contribution in [3.05, 3.63) is 108 Å². The third-order valence-corrected chi connectivity index (χ3v) is 6.94. The van der Waals surface area contributed by atoms with E-state index in [0.29, 0.717) is 22.9 Å². The van der Waals surface area contributed by atoms with Crippen LogP contribution in [0.1, 0.15) is 11.4 Å². The predicted octanol–water partition coefficient (Wildman–Crippen LogP) is 5.76. The number of anilines is 3. The van der Waals surface area contributed by atoms with E-state index in [1.54, 1.807) is 32.0 Å². The summed E-state index contributed by atoms with van der Waals surface area (Å²) in [5, 5.41) is 11.7. The minimum atomic E-state index is -3.82. The van der Waals surface area contributed by atoms with Crippen LogP contribution in [0, 0.1) is 13.8 Å². The minimum absolute atomic E-state index is 0.0461. The van der Waals surface area contributed by atoms with Crippen molar-refractivity contribution in [1.82, 2.24) is 20.2 Å². The molecule has 5 rings (SSSR count). The van der Waals surface area contributed by atoms with Crippen molar-refractivity contribution in [2.45, 2.75) is 18.7 Å². The van der Waals surface area contributed by atoms with Crippen LogP contribution >= 0.6 is 0 Å². The number of aromatic nitrogens is 4. The molecule has 3 aromatic carbocycles.